The van der Waals surface area contributed by atoms with Crippen LogP contribution in [0.2, 0.25) is 0 Å². The molecule has 0 fully saturated rings. The van der Waals surface area contributed by atoms with Crippen molar-refractivity contribution in [1.82, 2.24) is 19.3 Å². The monoisotopic (exact) mass is 688 g/mol. The van der Waals surface area contributed by atoms with E-state index in [9.17, 15) is 14.5 Å². The number of aromatic nitrogens is 1. The van der Waals surface area contributed by atoms with Gasteiger partial charge >= 0.3 is 283 Å². The Balaban J connectivity index is 1.47. The molecule has 1 aromatic carbocycles. The molecule has 2 aliphatic rings. The number of benzene rings is 1. The van der Waals surface area contributed by atoms with Gasteiger partial charge in [-0.05, 0) is 0 Å². The topological polar surface area (TPSA) is 124 Å². The van der Waals surface area contributed by atoms with E-state index >= 15 is 0 Å². The molecule has 14 heteroatoms. The van der Waals surface area contributed by atoms with Gasteiger partial charge in [-0.2, -0.15) is 0 Å². The van der Waals surface area contributed by atoms with Gasteiger partial charge in [0.1, 0.15) is 0 Å². The van der Waals surface area contributed by atoms with Crippen molar-refractivity contribution in [1.29, 1.82) is 0 Å². The fourth-order valence-electron chi connectivity index (χ4n) is 4.97. The number of carbonyl (C=O) groups excluding carboxylic acids is 2. The molecule has 0 unspecified atom stereocenters. The van der Waals surface area contributed by atoms with Gasteiger partial charge in [-0.1, -0.05) is 0 Å². The van der Waals surface area contributed by atoms with E-state index in [1.54, 1.807) is 19.5 Å². The molecule has 3 heterocycles. The Morgan fingerprint density at radius 1 is 0.896 bits per heavy atom. The number of carbonyl (C=O) groups is 2. The molecule has 0 amide bonds. The third-order valence-electron chi connectivity index (χ3n) is 7.81. The van der Waals surface area contributed by atoms with Gasteiger partial charge in [-0.3, -0.25) is 0 Å². The van der Waals surface area contributed by atoms with E-state index in [0.717, 1.165) is 29.4 Å². The van der Waals surface area contributed by atoms with Crippen molar-refractivity contribution >= 4 is 31.0 Å². The first-order valence-corrected chi connectivity index (χ1v) is 17.6. The number of nitrogens with zero attached hydrogens (tertiary/aromatic N) is 4. The second-order valence-corrected chi connectivity index (χ2v) is 14.2. The van der Waals surface area contributed by atoms with Gasteiger partial charge in [0, 0.05) is 0 Å². The zero-order chi connectivity index (χ0) is 34.8. The van der Waals surface area contributed by atoms with Crippen molar-refractivity contribution < 1.29 is 42.3 Å². The third kappa shape index (κ3) is 10.1. The van der Waals surface area contributed by atoms with Crippen molar-refractivity contribution in [2.75, 3.05) is 41.3 Å². The molecule has 4 rings (SSSR count). The van der Waals surface area contributed by atoms with Crippen LogP contribution < -0.4 is 4.74 Å². The van der Waals surface area contributed by atoms with E-state index in [1.807, 2.05) is 105 Å². The van der Waals surface area contributed by atoms with Crippen LogP contribution in [0.3, 0.4) is 0 Å². The Labute approximate surface area is 283 Å². The number of methoxy groups -OCH3 is 1. The number of hydrogen-bond donors (Lipinski definition) is 1. The minimum atomic E-state index is -4.56. The Morgan fingerprint density at radius 2 is 1.46 bits per heavy atom. The number of likely N-dealkylation sites (N-methyl/N-ethyl adjacent to an activating group) is 1. The fourth-order valence-corrected chi connectivity index (χ4v) is 5.94. The Kier molecular flexibility index (Phi) is 13.2. The van der Waals surface area contributed by atoms with Gasteiger partial charge in [0.2, 0.25) is 0 Å². The van der Waals surface area contributed by atoms with Crippen molar-refractivity contribution in [3.8, 4) is 5.75 Å². The predicted molar refractivity (Wildman–Crippen MR) is 184 cm³/mol. The van der Waals surface area contributed by atoms with Crippen LogP contribution in [0.1, 0.15) is 46.1 Å². The van der Waals surface area contributed by atoms with Crippen molar-refractivity contribution in [2.45, 2.75) is 65.8 Å². The summed E-state index contributed by atoms with van der Waals surface area (Å²) in [5, 5.41) is 0.977. The third-order valence-corrected chi connectivity index (χ3v) is 9.26. The summed E-state index contributed by atoms with van der Waals surface area (Å²) in [7, 11) is 1.07. The Bertz CT molecular complexity index is 1490. The van der Waals surface area contributed by atoms with Crippen LogP contribution in [0.25, 0.3) is 10.9 Å². The first-order chi connectivity index (χ1) is 22.9. The maximum atomic E-state index is 12.8. The summed E-state index contributed by atoms with van der Waals surface area (Å²) < 4.78 is 35.0. The molecule has 2 aliphatic heterocycles. The minimum absolute atomic E-state index is 0.158. The average molecular weight is 689 g/mol. The van der Waals surface area contributed by atoms with Gasteiger partial charge < -0.3 is 0 Å². The zero-order valence-corrected chi connectivity index (χ0v) is 29.9. The zero-order valence-electron chi connectivity index (χ0n) is 28.9. The van der Waals surface area contributed by atoms with E-state index in [1.165, 1.54) is 0 Å². The number of rotatable bonds is 17. The van der Waals surface area contributed by atoms with Gasteiger partial charge in [0.05, 0.1) is 0 Å². The van der Waals surface area contributed by atoms with Crippen molar-refractivity contribution in [2.24, 2.45) is 0 Å². The first-order valence-electron chi connectivity index (χ1n) is 16.0. The fraction of sp³-hybridized carbons (Fsp3) is 0.471. The van der Waals surface area contributed by atoms with Crippen LogP contribution in [0.5, 0.6) is 5.75 Å². The molecule has 1 N–H and O–H groups in total. The van der Waals surface area contributed by atoms with Crippen molar-refractivity contribution in [3.05, 3.63) is 78.1 Å². The molecule has 0 saturated heterocycles. The summed E-state index contributed by atoms with van der Waals surface area (Å²) in [4.78, 5) is 43.0. The Morgan fingerprint density at radius 3 is 1.96 bits per heavy atom. The maximum absolute atomic E-state index is 12.8. The molecular formula is C34H49N4O9P. The number of hydrogen-bond acceptors (Lipinski definition) is 12. The molecule has 0 bridgehead atoms. The molecule has 264 valence electrons. The van der Waals surface area contributed by atoms with Crippen LogP contribution in [-0.4, -0.2) is 89.5 Å². The number of esters is 2. The van der Waals surface area contributed by atoms with Crippen LogP contribution >= 0.6 is 8.17 Å². The van der Waals surface area contributed by atoms with E-state index < -0.39 is 33.7 Å². The first kappa shape index (κ1) is 37.1. The molecule has 2 aromatic rings. The van der Waals surface area contributed by atoms with Crippen LogP contribution in [0.4, 0.5) is 0 Å². The van der Waals surface area contributed by atoms with Crippen molar-refractivity contribution in [3.63, 3.8) is 0 Å². The molecule has 13 nitrogen and oxygen atoms in total. The molecule has 0 aliphatic carbocycles. The second-order valence-electron chi connectivity index (χ2n) is 12.3. The molecule has 0 spiro atoms. The van der Waals surface area contributed by atoms with E-state index in [4.69, 9.17) is 27.8 Å². The summed E-state index contributed by atoms with van der Waals surface area (Å²) in [6, 6.07) is 6.02. The number of ether oxygens (including phenoxy) is 3. The average Bonchev–Trinajstić information content (AvgIpc) is 3.43. The van der Waals surface area contributed by atoms with Gasteiger partial charge in [-0.25, -0.2) is 0 Å². The normalized spacial score (nSPS) is 15.4. The quantitative estimate of drug-likeness (QED) is 0.134. The molecule has 0 saturated carbocycles. The number of fused-ring (bicyclic) bond motifs is 1. The predicted octanol–water partition coefficient (Wildman–Crippen LogP) is 5.19. The molecule has 0 atom stereocenters. The molecule has 0 radical (unpaired) electrons. The standard InChI is InChI=1S/C34H49N4O9P/c1-25(2)36-15-8-10-28(20-36)33(39)43-23-46-48(41,47-24-44-34(40)29-11-9-16-37(21-29)26(3)4)45-22-38-19-27(14-17-35(5)6)31-18-30(42-7)12-13-32(31)38/h8-9,12-13,15-16,18-21,25-26,41,48H,10-11,14,17,22-24H2,1-7H3. The van der Waals surface area contributed by atoms with Gasteiger partial charge in [-0.15, -0.1) is 0 Å². The second kappa shape index (κ2) is 17.1. The van der Waals surface area contributed by atoms with Crippen LogP contribution in [0.15, 0.2) is 72.5 Å². The van der Waals surface area contributed by atoms with Gasteiger partial charge in [0.15, 0.2) is 0 Å². The van der Waals surface area contributed by atoms with Gasteiger partial charge in [0.25, 0.3) is 0 Å². The molecule has 48 heavy (non-hydrogen) atoms. The van der Waals surface area contributed by atoms with Crippen LogP contribution in [-0.2, 0) is 45.8 Å². The molecule has 1 aromatic heterocycles. The van der Waals surface area contributed by atoms with E-state index in [-0.39, 0.29) is 18.8 Å². The summed E-state index contributed by atoms with van der Waals surface area (Å²) in [6.07, 6.45) is 14.5. The Hall–Kier alpha value is -3.71. The SMILES string of the molecule is COc1ccc2c(c1)c(CCN(C)C)cn2CO[PH](O)(OCOC(=O)C1=CN(C(C)C)C=CC1)OCOC(=O)C1=CN(C(C)C)C=CC1. The summed E-state index contributed by atoms with van der Waals surface area (Å²) in [5.41, 5.74) is 2.77. The summed E-state index contributed by atoms with van der Waals surface area (Å²) in [6.45, 7) is 7.39. The number of allylic oxidation sites excluding steroid dienone is 2. The van der Waals surface area contributed by atoms with Crippen LogP contribution in [0, 0.1) is 0 Å². The van der Waals surface area contributed by atoms with E-state index in [2.05, 4.69) is 4.90 Å². The summed E-state index contributed by atoms with van der Waals surface area (Å²) >= 11 is 0. The van der Waals surface area contributed by atoms with E-state index in [0.29, 0.717) is 29.7 Å². The summed E-state index contributed by atoms with van der Waals surface area (Å²) in [5.74, 6) is -0.486. The molecular weight excluding hydrogens is 639 g/mol.